The molecule has 2 heterocycles. The molecule has 0 aliphatic rings. The van der Waals surface area contributed by atoms with E-state index in [2.05, 4.69) is 53.1 Å². The van der Waals surface area contributed by atoms with Crippen LogP contribution in [0.3, 0.4) is 0 Å². The number of hydrogen-bond donors (Lipinski definition) is 2. The number of nitrogens with two attached hydrogens (primary N) is 1. The summed E-state index contributed by atoms with van der Waals surface area (Å²) in [5.41, 5.74) is 9.56. The third-order valence-corrected chi connectivity index (χ3v) is 3.41. The van der Waals surface area contributed by atoms with Gasteiger partial charge >= 0.3 is 0 Å². The average molecular weight is 239 g/mol. The van der Waals surface area contributed by atoms with Crippen molar-refractivity contribution in [2.75, 3.05) is 5.73 Å². The third-order valence-electron chi connectivity index (χ3n) is 3.41. The molecule has 0 atom stereocenters. The van der Waals surface area contributed by atoms with Crippen LogP contribution in [0.15, 0.2) is 42.6 Å². The summed E-state index contributed by atoms with van der Waals surface area (Å²) >= 11 is 0. The Morgan fingerprint density at radius 3 is 2.72 bits per heavy atom. The summed E-state index contributed by atoms with van der Waals surface area (Å²) < 4.78 is 2.19. The molecule has 0 amide bonds. The number of aryl methyl sites for hydroxylation is 3. The number of aromatic nitrogens is 2. The SMILES string of the molecule is Cn1cc(CCc2ccc(N)[nH]2)c2ccccc21. The lowest BCUT2D eigenvalue weighted by Crippen LogP contribution is -1.92. The van der Waals surface area contributed by atoms with Crippen LogP contribution in [0.2, 0.25) is 0 Å². The van der Waals surface area contributed by atoms with E-state index in [0.717, 1.165) is 18.7 Å². The number of aromatic amines is 1. The monoisotopic (exact) mass is 239 g/mol. The number of rotatable bonds is 3. The minimum atomic E-state index is 0.739. The van der Waals surface area contributed by atoms with E-state index in [1.807, 2.05) is 6.07 Å². The van der Waals surface area contributed by atoms with Crippen LogP contribution in [0.1, 0.15) is 11.3 Å². The number of nitrogens with zero attached hydrogens (tertiary/aromatic N) is 1. The highest BCUT2D eigenvalue weighted by Gasteiger charge is 2.06. The Morgan fingerprint density at radius 1 is 1.11 bits per heavy atom. The summed E-state index contributed by atoms with van der Waals surface area (Å²) in [6, 6.07) is 12.5. The second-order valence-electron chi connectivity index (χ2n) is 4.72. The number of nitrogen functional groups attached to an aromatic ring is 1. The standard InChI is InChI=1S/C15H17N3/c1-18-10-11(13-4-2-3-5-14(13)18)6-7-12-8-9-15(16)17-12/h2-5,8-10,17H,6-7,16H2,1H3. The van der Waals surface area contributed by atoms with Crippen LogP contribution in [0.5, 0.6) is 0 Å². The predicted octanol–water partition coefficient (Wildman–Crippen LogP) is 2.87. The van der Waals surface area contributed by atoms with Gasteiger partial charge in [0.2, 0.25) is 0 Å². The number of para-hydroxylation sites is 1. The van der Waals surface area contributed by atoms with Gasteiger partial charge in [0.15, 0.2) is 0 Å². The molecule has 0 saturated carbocycles. The van der Waals surface area contributed by atoms with Gasteiger partial charge in [-0.15, -0.1) is 0 Å². The molecule has 92 valence electrons. The topological polar surface area (TPSA) is 46.7 Å². The zero-order valence-corrected chi connectivity index (χ0v) is 10.5. The molecule has 0 radical (unpaired) electrons. The number of benzene rings is 1. The van der Waals surface area contributed by atoms with Crippen molar-refractivity contribution in [2.45, 2.75) is 12.8 Å². The van der Waals surface area contributed by atoms with E-state index in [9.17, 15) is 0 Å². The van der Waals surface area contributed by atoms with Crippen molar-refractivity contribution in [3.8, 4) is 0 Å². The lowest BCUT2D eigenvalue weighted by Gasteiger charge is -1.98. The summed E-state index contributed by atoms with van der Waals surface area (Å²) in [5.74, 6) is 0.739. The van der Waals surface area contributed by atoms with Crippen LogP contribution in [-0.2, 0) is 19.9 Å². The van der Waals surface area contributed by atoms with E-state index >= 15 is 0 Å². The Kier molecular flexibility index (Phi) is 2.59. The molecule has 0 aliphatic carbocycles. The van der Waals surface area contributed by atoms with Crippen molar-refractivity contribution < 1.29 is 0 Å². The normalized spacial score (nSPS) is 11.2. The van der Waals surface area contributed by atoms with Gasteiger partial charge in [-0.3, -0.25) is 0 Å². The Bertz CT molecular complexity index is 676. The molecule has 0 spiro atoms. The lowest BCUT2D eigenvalue weighted by atomic mass is 10.1. The minimum Gasteiger partial charge on any atom is -0.385 e. The fraction of sp³-hybridized carbons (Fsp3) is 0.200. The summed E-state index contributed by atoms with van der Waals surface area (Å²) in [7, 11) is 2.10. The van der Waals surface area contributed by atoms with Gasteiger partial charge in [-0.05, 0) is 36.6 Å². The molecular formula is C15H17N3. The molecule has 2 aromatic heterocycles. The summed E-state index contributed by atoms with van der Waals surface area (Å²) in [4.78, 5) is 3.17. The average Bonchev–Trinajstić information content (AvgIpc) is 2.92. The predicted molar refractivity (Wildman–Crippen MR) is 75.5 cm³/mol. The van der Waals surface area contributed by atoms with Crippen molar-refractivity contribution in [1.82, 2.24) is 9.55 Å². The molecule has 0 fully saturated rings. The van der Waals surface area contributed by atoms with Gasteiger partial charge in [-0.1, -0.05) is 18.2 Å². The molecule has 3 aromatic rings. The molecule has 3 rings (SSSR count). The molecule has 0 unspecified atom stereocenters. The van der Waals surface area contributed by atoms with Crippen LogP contribution in [0, 0.1) is 0 Å². The maximum Gasteiger partial charge on any atom is 0.100 e. The van der Waals surface area contributed by atoms with Gasteiger partial charge in [0.1, 0.15) is 5.82 Å². The number of nitrogens with one attached hydrogen (secondary N) is 1. The highest BCUT2D eigenvalue weighted by molar-refractivity contribution is 5.83. The molecule has 3 heteroatoms. The first-order valence-electron chi connectivity index (χ1n) is 6.20. The van der Waals surface area contributed by atoms with E-state index in [0.29, 0.717) is 0 Å². The van der Waals surface area contributed by atoms with Gasteiger partial charge in [-0.25, -0.2) is 0 Å². The summed E-state index contributed by atoms with van der Waals surface area (Å²) in [6.45, 7) is 0. The maximum atomic E-state index is 5.68. The largest absolute Gasteiger partial charge is 0.385 e. The van der Waals surface area contributed by atoms with Crippen LogP contribution in [0.25, 0.3) is 10.9 Å². The summed E-state index contributed by atoms with van der Waals surface area (Å²) in [6.07, 6.45) is 4.24. The highest BCUT2D eigenvalue weighted by atomic mass is 14.9. The fourth-order valence-electron chi connectivity index (χ4n) is 2.50. The second kappa shape index (κ2) is 4.26. The first-order chi connectivity index (χ1) is 8.74. The van der Waals surface area contributed by atoms with Crippen molar-refractivity contribution in [3.05, 3.63) is 53.9 Å². The molecule has 0 aliphatic heterocycles. The zero-order chi connectivity index (χ0) is 12.5. The van der Waals surface area contributed by atoms with Gasteiger partial charge in [0.25, 0.3) is 0 Å². The Hall–Kier alpha value is -2.16. The van der Waals surface area contributed by atoms with Crippen LogP contribution in [0.4, 0.5) is 5.82 Å². The van der Waals surface area contributed by atoms with Crippen molar-refractivity contribution >= 4 is 16.7 Å². The molecule has 0 bridgehead atoms. The molecule has 0 saturated heterocycles. The number of fused-ring (bicyclic) bond motifs is 1. The van der Waals surface area contributed by atoms with Gasteiger partial charge in [0.05, 0.1) is 0 Å². The van der Waals surface area contributed by atoms with Gasteiger partial charge < -0.3 is 15.3 Å². The zero-order valence-electron chi connectivity index (χ0n) is 10.5. The Morgan fingerprint density at radius 2 is 1.94 bits per heavy atom. The van der Waals surface area contributed by atoms with E-state index in [4.69, 9.17) is 5.73 Å². The fourth-order valence-corrected chi connectivity index (χ4v) is 2.50. The number of hydrogen-bond acceptors (Lipinski definition) is 1. The number of anilines is 1. The molecule has 3 nitrogen and oxygen atoms in total. The van der Waals surface area contributed by atoms with Gasteiger partial charge in [-0.2, -0.15) is 0 Å². The van der Waals surface area contributed by atoms with Crippen molar-refractivity contribution in [3.63, 3.8) is 0 Å². The Labute approximate surface area is 106 Å². The smallest absolute Gasteiger partial charge is 0.100 e. The van der Waals surface area contributed by atoms with E-state index < -0.39 is 0 Å². The first kappa shape index (κ1) is 11.0. The second-order valence-corrected chi connectivity index (χ2v) is 4.72. The quantitative estimate of drug-likeness (QED) is 0.725. The lowest BCUT2D eigenvalue weighted by molar-refractivity contribution is 0.907. The van der Waals surface area contributed by atoms with E-state index in [-0.39, 0.29) is 0 Å². The van der Waals surface area contributed by atoms with Crippen LogP contribution in [-0.4, -0.2) is 9.55 Å². The molecular weight excluding hydrogens is 222 g/mol. The first-order valence-corrected chi connectivity index (χ1v) is 6.20. The van der Waals surface area contributed by atoms with E-state index in [1.54, 1.807) is 0 Å². The molecule has 3 N–H and O–H groups in total. The van der Waals surface area contributed by atoms with Crippen LogP contribution >= 0.6 is 0 Å². The number of H-pyrrole nitrogens is 1. The third kappa shape index (κ3) is 1.88. The molecule has 18 heavy (non-hydrogen) atoms. The Balaban J connectivity index is 1.86. The van der Waals surface area contributed by atoms with Crippen molar-refractivity contribution in [1.29, 1.82) is 0 Å². The highest BCUT2D eigenvalue weighted by Crippen LogP contribution is 2.21. The van der Waals surface area contributed by atoms with Crippen LogP contribution < -0.4 is 5.73 Å². The van der Waals surface area contributed by atoms with E-state index in [1.165, 1.54) is 22.2 Å². The maximum absolute atomic E-state index is 5.68. The minimum absolute atomic E-state index is 0.739. The van der Waals surface area contributed by atoms with Crippen molar-refractivity contribution in [2.24, 2.45) is 7.05 Å². The molecule has 1 aromatic carbocycles. The van der Waals surface area contributed by atoms with Gasteiger partial charge in [0, 0.05) is 29.8 Å². The summed E-state index contributed by atoms with van der Waals surface area (Å²) in [5, 5.41) is 1.35.